The number of carbonyl (C=O) groups is 1. The van der Waals surface area contributed by atoms with E-state index in [0.717, 1.165) is 24.2 Å². The van der Waals surface area contributed by atoms with E-state index in [1.54, 1.807) is 0 Å². The van der Waals surface area contributed by atoms with Gasteiger partial charge in [-0.1, -0.05) is 12.8 Å². The van der Waals surface area contributed by atoms with E-state index >= 15 is 0 Å². The summed E-state index contributed by atoms with van der Waals surface area (Å²) < 4.78 is 0. The van der Waals surface area contributed by atoms with Crippen LogP contribution in [0.2, 0.25) is 0 Å². The largest absolute Gasteiger partial charge is 0.481 e. The van der Waals surface area contributed by atoms with Gasteiger partial charge in [-0.25, -0.2) is 0 Å². The molecule has 0 aromatic heterocycles. The van der Waals surface area contributed by atoms with Crippen molar-refractivity contribution in [2.75, 3.05) is 0 Å². The quantitative estimate of drug-likeness (QED) is 0.733. The van der Waals surface area contributed by atoms with Gasteiger partial charge >= 0.3 is 5.97 Å². The number of carboxylic acid groups (broad SMARTS) is 1. The molecule has 3 atom stereocenters. The highest BCUT2D eigenvalue weighted by molar-refractivity contribution is 5.73. The standard InChI is InChI=1S/C12H18O2/c13-12(14)11-6-10(11)9-5-7-1-3-8(9)4-2-7/h7-11H,1-6H2,(H,13,14). The Bertz CT molecular complexity index is 253. The highest BCUT2D eigenvalue weighted by Gasteiger charge is 2.52. The molecule has 4 rings (SSSR count). The average molecular weight is 194 g/mol. The molecule has 4 saturated carbocycles. The maximum atomic E-state index is 10.8. The third-order valence-corrected chi connectivity index (χ3v) is 4.81. The Labute approximate surface area is 84.7 Å². The molecule has 4 aliphatic rings. The normalized spacial score (nSPS) is 50.4. The first-order chi connectivity index (χ1) is 6.75. The molecule has 0 aliphatic heterocycles. The number of aliphatic carboxylic acids is 1. The third kappa shape index (κ3) is 1.27. The van der Waals surface area contributed by atoms with Crippen LogP contribution >= 0.6 is 0 Å². The van der Waals surface area contributed by atoms with E-state index in [1.807, 2.05) is 0 Å². The van der Waals surface area contributed by atoms with Crippen molar-refractivity contribution in [3.63, 3.8) is 0 Å². The fourth-order valence-corrected chi connectivity index (χ4v) is 3.93. The summed E-state index contributed by atoms with van der Waals surface area (Å²) in [6.45, 7) is 0. The third-order valence-electron chi connectivity index (χ3n) is 4.81. The number of carboxylic acids is 1. The Morgan fingerprint density at radius 1 is 1.00 bits per heavy atom. The van der Waals surface area contributed by atoms with Crippen LogP contribution in [0.4, 0.5) is 0 Å². The monoisotopic (exact) mass is 194 g/mol. The Hall–Kier alpha value is -0.530. The van der Waals surface area contributed by atoms with Crippen molar-refractivity contribution in [3.8, 4) is 0 Å². The predicted molar refractivity (Wildman–Crippen MR) is 52.8 cm³/mol. The lowest BCUT2D eigenvalue weighted by molar-refractivity contribution is -0.139. The minimum absolute atomic E-state index is 0.0272. The molecule has 2 nitrogen and oxygen atoms in total. The van der Waals surface area contributed by atoms with E-state index in [9.17, 15) is 4.79 Å². The van der Waals surface area contributed by atoms with Crippen molar-refractivity contribution in [2.45, 2.75) is 38.5 Å². The van der Waals surface area contributed by atoms with E-state index in [2.05, 4.69) is 0 Å². The molecule has 0 aromatic rings. The van der Waals surface area contributed by atoms with Gasteiger partial charge < -0.3 is 5.11 Å². The molecular weight excluding hydrogens is 176 g/mol. The summed E-state index contributed by atoms with van der Waals surface area (Å²) in [5.41, 5.74) is 0. The van der Waals surface area contributed by atoms with E-state index in [4.69, 9.17) is 5.11 Å². The van der Waals surface area contributed by atoms with Crippen LogP contribution in [0.15, 0.2) is 0 Å². The maximum absolute atomic E-state index is 10.8. The second-order valence-electron chi connectivity index (χ2n) is 5.52. The van der Waals surface area contributed by atoms with Gasteiger partial charge in [0.2, 0.25) is 0 Å². The zero-order valence-corrected chi connectivity index (χ0v) is 8.48. The summed E-state index contributed by atoms with van der Waals surface area (Å²) in [5.74, 6) is 2.65. The number of hydrogen-bond acceptors (Lipinski definition) is 1. The first-order valence-electron chi connectivity index (χ1n) is 5.98. The van der Waals surface area contributed by atoms with Crippen LogP contribution in [-0.2, 0) is 4.79 Å². The molecular formula is C12H18O2. The molecule has 14 heavy (non-hydrogen) atoms. The van der Waals surface area contributed by atoms with Crippen LogP contribution in [0.3, 0.4) is 0 Å². The van der Waals surface area contributed by atoms with E-state index in [0.29, 0.717) is 5.92 Å². The molecule has 0 radical (unpaired) electrons. The van der Waals surface area contributed by atoms with Gasteiger partial charge in [0.25, 0.3) is 0 Å². The van der Waals surface area contributed by atoms with Gasteiger partial charge in [0, 0.05) is 0 Å². The summed E-state index contributed by atoms with van der Waals surface area (Å²) >= 11 is 0. The zero-order chi connectivity index (χ0) is 9.71. The van der Waals surface area contributed by atoms with Crippen molar-refractivity contribution < 1.29 is 9.90 Å². The highest BCUT2D eigenvalue weighted by Crippen LogP contribution is 2.56. The lowest BCUT2D eigenvalue weighted by atomic mass is 9.63. The zero-order valence-electron chi connectivity index (χ0n) is 8.48. The van der Waals surface area contributed by atoms with Crippen molar-refractivity contribution in [2.24, 2.45) is 29.6 Å². The summed E-state index contributed by atoms with van der Waals surface area (Å²) in [6, 6.07) is 0. The van der Waals surface area contributed by atoms with Gasteiger partial charge in [-0.05, 0) is 49.4 Å². The second-order valence-corrected chi connectivity index (χ2v) is 5.52. The van der Waals surface area contributed by atoms with Crippen LogP contribution in [-0.4, -0.2) is 11.1 Å². The van der Waals surface area contributed by atoms with Crippen LogP contribution < -0.4 is 0 Å². The lowest BCUT2D eigenvalue weighted by Crippen LogP contribution is -2.33. The molecule has 1 N–H and O–H groups in total. The van der Waals surface area contributed by atoms with E-state index < -0.39 is 5.97 Å². The van der Waals surface area contributed by atoms with Crippen LogP contribution in [0.5, 0.6) is 0 Å². The smallest absolute Gasteiger partial charge is 0.306 e. The van der Waals surface area contributed by atoms with Gasteiger partial charge in [0.15, 0.2) is 0 Å². The first kappa shape index (κ1) is 8.75. The van der Waals surface area contributed by atoms with Gasteiger partial charge in [-0.3, -0.25) is 4.79 Å². The fraction of sp³-hybridized carbons (Fsp3) is 0.917. The average Bonchev–Trinajstić information content (AvgIpc) is 2.98. The Morgan fingerprint density at radius 3 is 2.14 bits per heavy atom. The van der Waals surface area contributed by atoms with Gasteiger partial charge in [-0.2, -0.15) is 0 Å². The van der Waals surface area contributed by atoms with E-state index in [-0.39, 0.29) is 5.92 Å². The van der Waals surface area contributed by atoms with Gasteiger partial charge in [-0.15, -0.1) is 0 Å². The predicted octanol–water partition coefficient (Wildman–Crippen LogP) is 2.53. The Balaban J connectivity index is 1.67. The summed E-state index contributed by atoms with van der Waals surface area (Å²) in [7, 11) is 0. The molecule has 4 aliphatic carbocycles. The number of hydrogen-bond donors (Lipinski definition) is 1. The molecule has 0 aromatic carbocycles. The SMILES string of the molecule is O=C(O)C1CC1C1CC2CCC1CC2. The van der Waals surface area contributed by atoms with Crippen molar-refractivity contribution in [1.82, 2.24) is 0 Å². The molecule has 0 heterocycles. The van der Waals surface area contributed by atoms with Crippen molar-refractivity contribution in [1.29, 1.82) is 0 Å². The van der Waals surface area contributed by atoms with Crippen LogP contribution in [0, 0.1) is 29.6 Å². The molecule has 78 valence electrons. The second kappa shape index (κ2) is 2.98. The molecule has 0 amide bonds. The topological polar surface area (TPSA) is 37.3 Å². The van der Waals surface area contributed by atoms with Crippen LogP contribution in [0.1, 0.15) is 38.5 Å². The number of fused-ring (bicyclic) bond motifs is 3. The summed E-state index contributed by atoms with van der Waals surface area (Å²) in [4.78, 5) is 10.8. The first-order valence-corrected chi connectivity index (χ1v) is 5.98. The molecule has 4 fully saturated rings. The maximum Gasteiger partial charge on any atom is 0.306 e. The lowest BCUT2D eigenvalue weighted by Gasteiger charge is -2.42. The van der Waals surface area contributed by atoms with Crippen molar-refractivity contribution in [3.05, 3.63) is 0 Å². The fourth-order valence-electron chi connectivity index (χ4n) is 3.93. The number of rotatable bonds is 2. The molecule has 0 spiro atoms. The Kier molecular flexibility index (Phi) is 1.86. The van der Waals surface area contributed by atoms with Gasteiger partial charge in [0.1, 0.15) is 0 Å². The Morgan fingerprint density at radius 2 is 1.71 bits per heavy atom. The van der Waals surface area contributed by atoms with Gasteiger partial charge in [0.05, 0.1) is 5.92 Å². The molecule has 3 unspecified atom stereocenters. The van der Waals surface area contributed by atoms with Crippen LogP contribution in [0.25, 0.3) is 0 Å². The molecule has 2 heteroatoms. The highest BCUT2D eigenvalue weighted by atomic mass is 16.4. The minimum atomic E-state index is -0.545. The molecule has 2 bridgehead atoms. The van der Waals surface area contributed by atoms with E-state index in [1.165, 1.54) is 32.1 Å². The van der Waals surface area contributed by atoms with Crippen molar-refractivity contribution >= 4 is 5.97 Å². The summed E-state index contributed by atoms with van der Waals surface area (Å²) in [5, 5.41) is 8.92. The minimum Gasteiger partial charge on any atom is -0.481 e. The molecule has 0 saturated heterocycles. The summed E-state index contributed by atoms with van der Waals surface area (Å²) in [6.07, 6.45) is 7.94.